The van der Waals surface area contributed by atoms with Gasteiger partial charge in [0.05, 0.1) is 18.1 Å². The van der Waals surface area contributed by atoms with Crippen molar-refractivity contribution in [2.75, 3.05) is 32.8 Å². The quantitative estimate of drug-likeness (QED) is 0.648. The Morgan fingerprint density at radius 3 is 2.47 bits per heavy atom. The Bertz CT molecular complexity index is 308. The molecule has 0 saturated carbocycles. The summed E-state index contributed by atoms with van der Waals surface area (Å²) in [5.74, 6) is 0.174. The molecule has 0 radical (unpaired) electrons. The molecule has 2 N–H and O–H groups in total. The fraction of sp³-hybridized carbons (Fsp3) is 0.583. The number of carbonyl (C=O) groups is 1. The highest BCUT2D eigenvalue weighted by Gasteiger charge is 2.08. The van der Waals surface area contributed by atoms with Crippen LogP contribution in [0.5, 0.6) is 0 Å². The Balaban J connectivity index is 2.23. The van der Waals surface area contributed by atoms with Crippen molar-refractivity contribution in [1.29, 1.82) is 0 Å². The molecule has 1 aromatic rings. The molecular formula is C12H19NO3S. The number of Topliss-reactive ketones (excluding diaryl/α,β-unsaturated/α-hetero) is 1. The van der Waals surface area contributed by atoms with Gasteiger partial charge in [-0.2, -0.15) is 0 Å². The largest absolute Gasteiger partial charge is 0.395 e. The lowest BCUT2D eigenvalue weighted by molar-refractivity contribution is 0.0974. The number of hydrogen-bond acceptors (Lipinski definition) is 5. The molecule has 0 aromatic carbocycles. The van der Waals surface area contributed by atoms with E-state index in [1.807, 2.05) is 22.4 Å². The molecule has 1 heterocycles. The number of aliphatic hydroxyl groups is 2. The van der Waals surface area contributed by atoms with Gasteiger partial charge >= 0.3 is 0 Å². The third kappa shape index (κ3) is 5.41. The van der Waals surface area contributed by atoms with E-state index in [1.54, 1.807) is 0 Å². The first-order valence-corrected chi connectivity index (χ1v) is 6.66. The fourth-order valence-electron chi connectivity index (χ4n) is 1.64. The maximum Gasteiger partial charge on any atom is 0.172 e. The number of carbonyl (C=O) groups excluding carboxylic acids is 1. The van der Waals surface area contributed by atoms with E-state index in [1.165, 1.54) is 11.3 Å². The van der Waals surface area contributed by atoms with Gasteiger partial charge in [0, 0.05) is 19.5 Å². The molecule has 0 spiro atoms. The van der Waals surface area contributed by atoms with Gasteiger partial charge in [-0.1, -0.05) is 6.07 Å². The lowest BCUT2D eigenvalue weighted by Crippen LogP contribution is -2.31. The Hall–Kier alpha value is -0.750. The lowest BCUT2D eigenvalue weighted by Gasteiger charge is -2.19. The van der Waals surface area contributed by atoms with Crippen LogP contribution in [0.1, 0.15) is 22.5 Å². The molecule has 0 aliphatic heterocycles. The molecule has 0 bridgehead atoms. The van der Waals surface area contributed by atoms with Gasteiger partial charge in [-0.25, -0.2) is 0 Å². The van der Waals surface area contributed by atoms with Crippen molar-refractivity contribution in [2.24, 2.45) is 0 Å². The number of thiophene rings is 1. The Morgan fingerprint density at radius 1 is 1.24 bits per heavy atom. The molecule has 5 heteroatoms. The third-order valence-electron chi connectivity index (χ3n) is 2.51. The molecule has 1 rings (SSSR count). The van der Waals surface area contributed by atoms with Crippen LogP contribution in [0.2, 0.25) is 0 Å². The minimum Gasteiger partial charge on any atom is -0.395 e. The van der Waals surface area contributed by atoms with E-state index < -0.39 is 0 Å². The van der Waals surface area contributed by atoms with E-state index in [0.29, 0.717) is 19.5 Å². The van der Waals surface area contributed by atoms with Crippen LogP contribution in [-0.2, 0) is 0 Å². The van der Waals surface area contributed by atoms with Crippen molar-refractivity contribution in [3.05, 3.63) is 22.4 Å². The molecule has 17 heavy (non-hydrogen) atoms. The summed E-state index contributed by atoms with van der Waals surface area (Å²) in [7, 11) is 0. The van der Waals surface area contributed by atoms with Crippen molar-refractivity contribution in [3.63, 3.8) is 0 Å². The molecule has 0 aliphatic rings. The summed E-state index contributed by atoms with van der Waals surface area (Å²) in [6, 6.07) is 3.72. The second-order valence-electron chi connectivity index (χ2n) is 3.79. The molecule has 0 unspecified atom stereocenters. The van der Waals surface area contributed by atoms with Crippen molar-refractivity contribution < 1.29 is 15.0 Å². The van der Waals surface area contributed by atoms with Gasteiger partial charge in [-0.15, -0.1) is 11.3 Å². The van der Waals surface area contributed by atoms with Gasteiger partial charge in [0.1, 0.15) is 0 Å². The van der Waals surface area contributed by atoms with Crippen LogP contribution in [0.3, 0.4) is 0 Å². The normalized spacial score (nSPS) is 11.0. The number of aliphatic hydroxyl groups excluding tert-OH is 2. The first kappa shape index (κ1) is 14.3. The topological polar surface area (TPSA) is 60.8 Å². The summed E-state index contributed by atoms with van der Waals surface area (Å²) >= 11 is 1.47. The van der Waals surface area contributed by atoms with Crippen molar-refractivity contribution in [3.8, 4) is 0 Å². The first-order valence-electron chi connectivity index (χ1n) is 5.78. The Labute approximate surface area is 106 Å². The first-order chi connectivity index (χ1) is 8.27. The van der Waals surface area contributed by atoms with Crippen LogP contribution >= 0.6 is 11.3 Å². The maximum atomic E-state index is 11.7. The zero-order valence-electron chi connectivity index (χ0n) is 9.84. The number of rotatable bonds is 9. The molecule has 96 valence electrons. The molecule has 1 aromatic heterocycles. The highest BCUT2D eigenvalue weighted by Crippen LogP contribution is 2.12. The van der Waals surface area contributed by atoms with Crippen LogP contribution in [0.25, 0.3) is 0 Å². The van der Waals surface area contributed by atoms with E-state index in [2.05, 4.69) is 0 Å². The van der Waals surface area contributed by atoms with Crippen molar-refractivity contribution in [1.82, 2.24) is 4.90 Å². The molecule has 0 saturated heterocycles. The summed E-state index contributed by atoms with van der Waals surface area (Å²) in [5, 5.41) is 19.6. The monoisotopic (exact) mass is 257 g/mol. The van der Waals surface area contributed by atoms with Gasteiger partial charge in [-0.05, 0) is 24.4 Å². The summed E-state index contributed by atoms with van der Waals surface area (Å²) in [5.41, 5.74) is 0. The summed E-state index contributed by atoms with van der Waals surface area (Å²) in [6.07, 6.45) is 1.28. The average Bonchev–Trinajstić information content (AvgIpc) is 2.83. The van der Waals surface area contributed by atoms with Gasteiger partial charge in [0.15, 0.2) is 5.78 Å². The van der Waals surface area contributed by atoms with Crippen LogP contribution in [0.4, 0.5) is 0 Å². The molecule has 0 fully saturated rings. The van der Waals surface area contributed by atoms with E-state index in [0.717, 1.165) is 17.8 Å². The van der Waals surface area contributed by atoms with Gasteiger partial charge in [0.2, 0.25) is 0 Å². The highest BCUT2D eigenvalue weighted by atomic mass is 32.1. The second-order valence-corrected chi connectivity index (χ2v) is 4.74. The fourth-order valence-corrected chi connectivity index (χ4v) is 2.34. The average molecular weight is 257 g/mol. The second kappa shape index (κ2) is 8.36. The lowest BCUT2D eigenvalue weighted by atomic mass is 10.2. The molecule has 0 atom stereocenters. The van der Waals surface area contributed by atoms with E-state index in [9.17, 15) is 4.79 Å². The van der Waals surface area contributed by atoms with E-state index in [4.69, 9.17) is 10.2 Å². The number of nitrogens with zero attached hydrogens (tertiary/aromatic N) is 1. The minimum absolute atomic E-state index is 0.0822. The van der Waals surface area contributed by atoms with Crippen molar-refractivity contribution in [2.45, 2.75) is 12.8 Å². The molecular weight excluding hydrogens is 238 g/mol. The summed E-state index contributed by atoms with van der Waals surface area (Å²) in [4.78, 5) is 14.5. The van der Waals surface area contributed by atoms with Crippen LogP contribution in [0.15, 0.2) is 17.5 Å². The maximum absolute atomic E-state index is 11.7. The zero-order chi connectivity index (χ0) is 12.5. The predicted molar refractivity (Wildman–Crippen MR) is 68.5 cm³/mol. The predicted octanol–water partition coefficient (Wildman–Crippen LogP) is 0.998. The Kier molecular flexibility index (Phi) is 7.04. The molecule has 0 amide bonds. The highest BCUT2D eigenvalue weighted by molar-refractivity contribution is 7.12. The number of ketones is 1. The Morgan fingerprint density at radius 2 is 1.94 bits per heavy atom. The van der Waals surface area contributed by atoms with E-state index >= 15 is 0 Å². The summed E-state index contributed by atoms with van der Waals surface area (Å²) < 4.78 is 0. The van der Waals surface area contributed by atoms with Gasteiger partial charge in [-0.3, -0.25) is 9.69 Å². The molecule has 4 nitrogen and oxygen atoms in total. The molecule has 0 aliphatic carbocycles. The SMILES string of the molecule is O=C(CCCN(CCO)CCO)c1cccs1. The minimum atomic E-state index is 0.0822. The van der Waals surface area contributed by atoms with Gasteiger partial charge < -0.3 is 10.2 Å². The van der Waals surface area contributed by atoms with Crippen LogP contribution in [-0.4, -0.2) is 53.7 Å². The number of hydrogen-bond donors (Lipinski definition) is 2. The standard InChI is InChI=1S/C12H19NO3S/c14-8-6-13(7-9-15)5-1-3-11(16)12-4-2-10-17-12/h2,4,10,14-15H,1,3,5-9H2. The van der Waals surface area contributed by atoms with E-state index in [-0.39, 0.29) is 19.0 Å². The van der Waals surface area contributed by atoms with Crippen LogP contribution < -0.4 is 0 Å². The van der Waals surface area contributed by atoms with Crippen molar-refractivity contribution >= 4 is 17.1 Å². The smallest absolute Gasteiger partial charge is 0.172 e. The van der Waals surface area contributed by atoms with Gasteiger partial charge in [0.25, 0.3) is 0 Å². The van der Waals surface area contributed by atoms with Crippen LogP contribution in [0, 0.1) is 0 Å². The zero-order valence-corrected chi connectivity index (χ0v) is 10.7. The third-order valence-corrected chi connectivity index (χ3v) is 3.42. The summed E-state index contributed by atoms with van der Waals surface area (Å²) in [6.45, 7) is 2.00.